The summed E-state index contributed by atoms with van der Waals surface area (Å²) in [4.78, 5) is 4.54. The maximum absolute atomic E-state index is 10.2. The van der Waals surface area contributed by atoms with Crippen molar-refractivity contribution in [1.82, 2.24) is 4.98 Å². The molecule has 0 bridgehead atoms. The molecule has 2 heteroatoms. The van der Waals surface area contributed by atoms with Crippen molar-refractivity contribution in [2.75, 3.05) is 0 Å². The van der Waals surface area contributed by atoms with Crippen LogP contribution in [0.2, 0.25) is 0 Å². The van der Waals surface area contributed by atoms with Gasteiger partial charge in [-0.15, -0.1) is 0 Å². The van der Waals surface area contributed by atoms with Crippen LogP contribution in [0.4, 0.5) is 0 Å². The number of aliphatic hydroxyl groups is 1. The Balaban J connectivity index is 2.15. The normalized spacial score (nSPS) is 14.6. The Bertz CT molecular complexity index is 509. The summed E-state index contributed by atoms with van der Waals surface area (Å²) in [5.41, 5.74) is 1.74. The first kappa shape index (κ1) is 13.0. The summed E-state index contributed by atoms with van der Waals surface area (Å²) in [7, 11) is 0. The first-order valence-electron chi connectivity index (χ1n) is 6.74. The predicted octanol–water partition coefficient (Wildman–Crippen LogP) is 4.09. The van der Waals surface area contributed by atoms with E-state index in [1.807, 2.05) is 36.4 Å². The monoisotopic (exact) mass is 243 g/mol. The lowest BCUT2D eigenvalue weighted by Crippen LogP contribution is -2.06. The Morgan fingerprint density at radius 3 is 2.72 bits per heavy atom. The molecule has 2 atom stereocenters. The Morgan fingerprint density at radius 1 is 1.17 bits per heavy atom. The molecule has 0 aliphatic carbocycles. The average molecular weight is 243 g/mol. The quantitative estimate of drug-likeness (QED) is 0.857. The Morgan fingerprint density at radius 2 is 1.94 bits per heavy atom. The fourth-order valence-electron chi connectivity index (χ4n) is 2.38. The minimum atomic E-state index is -0.448. The van der Waals surface area contributed by atoms with Gasteiger partial charge >= 0.3 is 0 Å². The third-order valence-electron chi connectivity index (χ3n) is 3.37. The van der Waals surface area contributed by atoms with Crippen LogP contribution in [-0.2, 0) is 0 Å². The zero-order valence-electron chi connectivity index (χ0n) is 11.1. The highest BCUT2D eigenvalue weighted by Gasteiger charge is 2.13. The van der Waals surface area contributed by atoms with Crippen molar-refractivity contribution >= 4 is 10.9 Å². The number of aromatic nitrogens is 1. The van der Waals surface area contributed by atoms with Crippen LogP contribution in [0.15, 0.2) is 36.4 Å². The number of aliphatic hydroxyl groups excluding tert-OH is 1. The van der Waals surface area contributed by atoms with Gasteiger partial charge in [-0.05, 0) is 24.5 Å². The van der Waals surface area contributed by atoms with Gasteiger partial charge in [0.2, 0.25) is 0 Å². The van der Waals surface area contributed by atoms with Crippen molar-refractivity contribution in [2.24, 2.45) is 5.92 Å². The van der Waals surface area contributed by atoms with Gasteiger partial charge in [0.25, 0.3) is 0 Å². The standard InChI is InChI=1S/C16H21NO/c1-3-6-12(2)11-16(18)15-10-9-13-7-4-5-8-14(13)17-15/h4-5,7-10,12,16,18H,3,6,11H2,1-2H3. The number of nitrogens with zero attached hydrogens (tertiary/aromatic N) is 1. The lowest BCUT2D eigenvalue weighted by Gasteiger charge is -2.15. The molecule has 2 rings (SSSR count). The van der Waals surface area contributed by atoms with E-state index in [9.17, 15) is 5.11 Å². The summed E-state index contributed by atoms with van der Waals surface area (Å²) in [6.45, 7) is 4.37. The third-order valence-corrected chi connectivity index (χ3v) is 3.37. The highest BCUT2D eigenvalue weighted by atomic mass is 16.3. The number of hydrogen-bond acceptors (Lipinski definition) is 2. The molecule has 0 amide bonds. The largest absolute Gasteiger partial charge is 0.387 e. The summed E-state index contributed by atoms with van der Waals surface area (Å²) in [6.07, 6.45) is 2.67. The number of fused-ring (bicyclic) bond motifs is 1. The maximum atomic E-state index is 10.2. The van der Waals surface area contributed by atoms with Gasteiger partial charge in [0.05, 0.1) is 17.3 Å². The van der Waals surface area contributed by atoms with Gasteiger partial charge in [-0.25, -0.2) is 0 Å². The molecular weight excluding hydrogens is 222 g/mol. The fraction of sp³-hybridized carbons (Fsp3) is 0.438. The molecule has 1 aromatic carbocycles. The van der Waals surface area contributed by atoms with Gasteiger partial charge in [-0.2, -0.15) is 0 Å². The van der Waals surface area contributed by atoms with Crippen LogP contribution in [0, 0.1) is 5.92 Å². The van der Waals surface area contributed by atoms with Gasteiger partial charge in [-0.1, -0.05) is 51.0 Å². The van der Waals surface area contributed by atoms with Crippen molar-refractivity contribution in [3.8, 4) is 0 Å². The highest BCUT2D eigenvalue weighted by Crippen LogP contribution is 2.24. The van der Waals surface area contributed by atoms with Crippen LogP contribution in [0.5, 0.6) is 0 Å². The molecule has 1 N–H and O–H groups in total. The Hall–Kier alpha value is -1.41. The van der Waals surface area contributed by atoms with Gasteiger partial charge in [0, 0.05) is 5.39 Å². The Kier molecular flexibility index (Phi) is 4.32. The summed E-state index contributed by atoms with van der Waals surface area (Å²) >= 11 is 0. The van der Waals surface area contributed by atoms with E-state index in [1.54, 1.807) is 0 Å². The van der Waals surface area contributed by atoms with Crippen molar-refractivity contribution in [1.29, 1.82) is 0 Å². The molecule has 2 unspecified atom stereocenters. The summed E-state index contributed by atoms with van der Waals surface area (Å²) in [6, 6.07) is 12.0. The van der Waals surface area contributed by atoms with Gasteiger partial charge in [0.1, 0.15) is 0 Å². The fourth-order valence-corrected chi connectivity index (χ4v) is 2.38. The molecule has 96 valence electrons. The minimum absolute atomic E-state index is 0.448. The first-order valence-corrected chi connectivity index (χ1v) is 6.74. The maximum Gasteiger partial charge on any atom is 0.0962 e. The van der Waals surface area contributed by atoms with Crippen molar-refractivity contribution in [3.05, 3.63) is 42.1 Å². The predicted molar refractivity (Wildman–Crippen MR) is 75.4 cm³/mol. The Labute approximate surface area is 109 Å². The van der Waals surface area contributed by atoms with Gasteiger partial charge < -0.3 is 5.11 Å². The van der Waals surface area contributed by atoms with Crippen LogP contribution in [0.25, 0.3) is 10.9 Å². The second-order valence-electron chi connectivity index (χ2n) is 5.07. The van der Waals surface area contributed by atoms with E-state index in [4.69, 9.17) is 0 Å². The van der Waals surface area contributed by atoms with E-state index < -0.39 is 6.10 Å². The van der Waals surface area contributed by atoms with E-state index >= 15 is 0 Å². The first-order chi connectivity index (χ1) is 8.70. The zero-order chi connectivity index (χ0) is 13.0. The van der Waals surface area contributed by atoms with Gasteiger partial charge in [0.15, 0.2) is 0 Å². The molecule has 0 fully saturated rings. The van der Waals surface area contributed by atoms with Crippen LogP contribution in [0.3, 0.4) is 0 Å². The zero-order valence-corrected chi connectivity index (χ0v) is 11.1. The van der Waals surface area contributed by atoms with Gasteiger partial charge in [-0.3, -0.25) is 4.98 Å². The molecule has 0 aliphatic heterocycles. The van der Waals surface area contributed by atoms with Crippen LogP contribution in [0.1, 0.15) is 44.9 Å². The molecule has 0 saturated carbocycles. The molecule has 1 aromatic heterocycles. The molecular formula is C16H21NO. The number of benzene rings is 1. The molecule has 2 nitrogen and oxygen atoms in total. The van der Waals surface area contributed by atoms with Crippen LogP contribution >= 0.6 is 0 Å². The van der Waals surface area contributed by atoms with E-state index in [0.717, 1.165) is 29.4 Å². The third kappa shape index (κ3) is 3.08. The summed E-state index contributed by atoms with van der Waals surface area (Å²) in [5.74, 6) is 0.540. The molecule has 2 aromatic rings. The van der Waals surface area contributed by atoms with E-state index in [1.165, 1.54) is 6.42 Å². The number of para-hydroxylation sites is 1. The summed E-state index contributed by atoms with van der Waals surface area (Å²) < 4.78 is 0. The lowest BCUT2D eigenvalue weighted by molar-refractivity contribution is 0.141. The van der Waals surface area contributed by atoms with Crippen LogP contribution < -0.4 is 0 Å². The molecule has 0 aliphatic rings. The second kappa shape index (κ2) is 5.96. The molecule has 0 radical (unpaired) electrons. The number of hydrogen-bond donors (Lipinski definition) is 1. The van der Waals surface area contributed by atoms with E-state index in [-0.39, 0.29) is 0 Å². The average Bonchev–Trinajstić information content (AvgIpc) is 2.38. The van der Waals surface area contributed by atoms with Crippen LogP contribution in [-0.4, -0.2) is 10.1 Å². The SMILES string of the molecule is CCCC(C)CC(O)c1ccc2ccccc2n1. The lowest BCUT2D eigenvalue weighted by atomic mass is 9.97. The number of pyridine rings is 1. The van der Waals surface area contributed by atoms with Crippen molar-refractivity contribution < 1.29 is 5.11 Å². The van der Waals surface area contributed by atoms with E-state index in [2.05, 4.69) is 18.8 Å². The smallest absolute Gasteiger partial charge is 0.0962 e. The second-order valence-corrected chi connectivity index (χ2v) is 5.07. The topological polar surface area (TPSA) is 33.1 Å². The molecule has 0 saturated heterocycles. The molecule has 1 heterocycles. The highest BCUT2D eigenvalue weighted by molar-refractivity contribution is 5.78. The molecule has 0 spiro atoms. The molecule has 18 heavy (non-hydrogen) atoms. The van der Waals surface area contributed by atoms with Crippen molar-refractivity contribution in [2.45, 2.75) is 39.2 Å². The van der Waals surface area contributed by atoms with Crippen molar-refractivity contribution in [3.63, 3.8) is 0 Å². The minimum Gasteiger partial charge on any atom is -0.387 e. The van der Waals surface area contributed by atoms with E-state index in [0.29, 0.717) is 5.92 Å². The summed E-state index contributed by atoms with van der Waals surface area (Å²) in [5, 5.41) is 11.3. The number of rotatable bonds is 5.